The normalized spacial score (nSPS) is 22.5. The molecule has 1 amide bonds. The molecule has 0 saturated carbocycles. The average molecular weight is 563 g/mol. The van der Waals surface area contributed by atoms with Crippen molar-refractivity contribution >= 4 is 34.8 Å². The summed E-state index contributed by atoms with van der Waals surface area (Å²) in [5, 5.41) is 4.81. The van der Waals surface area contributed by atoms with Crippen molar-refractivity contribution < 1.29 is 4.79 Å². The molecule has 0 radical (unpaired) electrons. The van der Waals surface area contributed by atoms with Gasteiger partial charge in [-0.05, 0) is 99.6 Å². The predicted molar refractivity (Wildman–Crippen MR) is 161 cm³/mol. The van der Waals surface area contributed by atoms with Gasteiger partial charge in [0.05, 0.1) is 10.0 Å². The number of carbonyl (C=O) groups excluding carboxylic acids is 1. The number of fused-ring (bicyclic) bond motifs is 2. The molecule has 3 aliphatic heterocycles. The number of amides is 1. The molecule has 3 aliphatic rings. The van der Waals surface area contributed by atoms with E-state index in [9.17, 15) is 4.79 Å². The maximum absolute atomic E-state index is 13.4. The highest BCUT2D eigenvalue weighted by Crippen LogP contribution is 2.44. The van der Waals surface area contributed by atoms with Crippen LogP contribution in [0.1, 0.15) is 60.0 Å². The van der Waals surface area contributed by atoms with Gasteiger partial charge in [0.15, 0.2) is 0 Å². The molecular formula is C33H37Cl2N3O. The van der Waals surface area contributed by atoms with Crippen molar-refractivity contribution in [2.45, 2.75) is 49.4 Å². The second-order valence-corrected chi connectivity index (χ2v) is 12.5. The van der Waals surface area contributed by atoms with Gasteiger partial charge in [0.1, 0.15) is 0 Å². The van der Waals surface area contributed by atoms with Crippen LogP contribution in [0.2, 0.25) is 10.0 Å². The number of benzene rings is 3. The van der Waals surface area contributed by atoms with Gasteiger partial charge in [-0.2, -0.15) is 0 Å². The SMILES string of the molecule is O=C(c1ccccc1)N1CCCC(CCCN2CCC3(CC2)CNc2ccccc23)(c2ccc(Cl)c(Cl)c2)C1. The number of piperidine rings is 2. The van der Waals surface area contributed by atoms with Crippen LogP contribution in [-0.2, 0) is 10.8 Å². The zero-order chi connectivity index (χ0) is 26.9. The van der Waals surface area contributed by atoms with E-state index < -0.39 is 0 Å². The minimum atomic E-state index is -0.123. The molecule has 2 fully saturated rings. The molecule has 39 heavy (non-hydrogen) atoms. The van der Waals surface area contributed by atoms with E-state index in [1.165, 1.54) is 29.7 Å². The Labute approximate surface area is 242 Å². The highest BCUT2D eigenvalue weighted by molar-refractivity contribution is 6.42. The Morgan fingerprint density at radius 2 is 1.64 bits per heavy atom. The van der Waals surface area contributed by atoms with Crippen LogP contribution in [-0.4, -0.2) is 55.0 Å². The van der Waals surface area contributed by atoms with E-state index in [0.717, 1.165) is 64.0 Å². The molecule has 0 aliphatic carbocycles. The third kappa shape index (κ3) is 5.31. The second kappa shape index (κ2) is 11.2. The number of hydrogen-bond donors (Lipinski definition) is 1. The molecular weight excluding hydrogens is 525 g/mol. The summed E-state index contributed by atoms with van der Waals surface area (Å²) >= 11 is 12.8. The lowest BCUT2D eigenvalue weighted by molar-refractivity contribution is 0.0618. The number of hydrogen-bond acceptors (Lipinski definition) is 3. The van der Waals surface area contributed by atoms with E-state index in [2.05, 4.69) is 45.4 Å². The van der Waals surface area contributed by atoms with Crippen molar-refractivity contribution in [1.82, 2.24) is 9.80 Å². The first-order chi connectivity index (χ1) is 19.0. The number of nitrogens with one attached hydrogen (secondary N) is 1. The monoisotopic (exact) mass is 561 g/mol. The van der Waals surface area contributed by atoms with Crippen LogP contribution < -0.4 is 5.32 Å². The number of carbonyl (C=O) groups is 1. The summed E-state index contributed by atoms with van der Waals surface area (Å²) in [7, 11) is 0. The highest BCUT2D eigenvalue weighted by atomic mass is 35.5. The molecule has 1 spiro atoms. The second-order valence-electron chi connectivity index (χ2n) is 11.7. The minimum Gasteiger partial charge on any atom is -0.384 e. The standard InChI is InChI=1S/C33H37Cl2N3O/c34-28-13-12-26(22-29(28)35)33(15-7-19-38(24-33)31(39)25-8-2-1-3-9-25)14-6-18-37-20-16-32(17-21-37)23-36-30-11-5-4-10-27(30)32/h1-5,8-13,22,36H,6-7,14-21,23-24H2. The number of nitrogens with zero attached hydrogens (tertiary/aromatic N) is 2. The number of likely N-dealkylation sites (tertiary alicyclic amines) is 2. The van der Waals surface area contributed by atoms with Crippen LogP contribution in [0.3, 0.4) is 0 Å². The van der Waals surface area contributed by atoms with Gasteiger partial charge < -0.3 is 15.1 Å². The van der Waals surface area contributed by atoms with Crippen LogP contribution in [0.4, 0.5) is 5.69 Å². The molecule has 204 valence electrons. The van der Waals surface area contributed by atoms with Gasteiger partial charge in [-0.15, -0.1) is 0 Å². The number of anilines is 1. The Morgan fingerprint density at radius 1 is 0.872 bits per heavy atom. The molecule has 1 atom stereocenters. The van der Waals surface area contributed by atoms with Gasteiger partial charge in [-0.3, -0.25) is 4.79 Å². The lowest BCUT2D eigenvalue weighted by Crippen LogP contribution is -2.49. The van der Waals surface area contributed by atoms with Crippen LogP contribution in [0.25, 0.3) is 0 Å². The lowest BCUT2D eigenvalue weighted by atomic mass is 9.70. The smallest absolute Gasteiger partial charge is 0.253 e. The van der Waals surface area contributed by atoms with Gasteiger partial charge in [0, 0.05) is 41.7 Å². The summed E-state index contributed by atoms with van der Waals surface area (Å²) in [6.07, 6.45) is 6.56. The van der Waals surface area contributed by atoms with Crippen molar-refractivity contribution in [2.75, 3.05) is 44.6 Å². The van der Waals surface area contributed by atoms with Crippen molar-refractivity contribution in [3.63, 3.8) is 0 Å². The van der Waals surface area contributed by atoms with E-state index in [4.69, 9.17) is 23.2 Å². The molecule has 3 heterocycles. The van der Waals surface area contributed by atoms with Crippen LogP contribution in [0.15, 0.2) is 72.8 Å². The fourth-order valence-corrected chi connectivity index (χ4v) is 7.53. The molecule has 1 N–H and O–H groups in total. The first kappa shape index (κ1) is 26.7. The average Bonchev–Trinajstić information content (AvgIpc) is 3.33. The van der Waals surface area contributed by atoms with Crippen molar-refractivity contribution in [3.05, 3.63) is 99.5 Å². The molecule has 1 unspecified atom stereocenters. The molecule has 2 saturated heterocycles. The van der Waals surface area contributed by atoms with Gasteiger partial charge >= 0.3 is 0 Å². The maximum atomic E-state index is 13.4. The third-order valence-corrected chi connectivity index (χ3v) is 10.2. The summed E-state index contributed by atoms with van der Waals surface area (Å²) in [5.74, 6) is 0.117. The minimum absolute atomic E-state index is 0.117. The third-order valence-electron chi connectivity index (χ3n) is 9.48. The lowest BCUT2D eigenvalue weighted by Gasteiger charge is -2.44. The number of rotatable bonds is 6. The molecule has 3 aromatic rings. The number of para-hydroxylation sites is 1. The highest BCUT2D eigenvalue weighted by Gasteiger charge is 2.42. The van der Waals surface area contributed by atoms with E-state index in [0.29, 0.717) is 16.6 Å². The maximum Gasteiger partial charge on any atom is 0.253 e. The van der Waals surface area contributed by atoms with Crippen LogP contribution in [0.5, 0.6) is 0 Å². The predicted octanol–water partition coefficient (Wildman–Crippen LogP) is 7.41. The van der Waals surface area contributed by atoms with Gasteiger partial charge in [-0.25, -0.2) is 0 Å². The van der Waals surface area contributed by atoms with Crippen molar-refractivity contribution in [1.29, 1.82) is 0 Å². The molecule has 0 aromatic heterocycles. The van der Waals surface area contributed by atoms with E-state index in [-0.39, 0.29) is 16.7 Å². The van der Waals surface area contributed by atoms with E-state index in [1.807, 2.05) is 42.5 Å². The quantitative estimate of drug-likeness (QED) is 0.340. The summed E-state index contributed by atoms with van der Waals surface area (Å²) in [6, 6.07) is 24.6. The molecule has 4 nitrogen and oxygen atoms in total. The Morgan fingerprint density at radius 3 is 2.44 bits per heavy atom. The number of halogens is 2. The first-order valence-electron chi connectivity index (χ1n) is 14.3. The topological polar surface area (TPSA) is 35.6 Å². The van der Waals surface area contributed by atoms with Crippen LogP contribution >= 0.6 is 23.2 Å². The zero-order valence-corrected chi connectivity index (χ0v) is 24.0. The van der Waals surface area contributed by atoms with E-state index in [1.54, 1.807) is 0 Å². The van der Waals surface area contributed by atoms with Crippen LogP contribution in [0, 0.1) is 0 Å². The van der Waals surface area contributed by atoms with Crippen molar-refractivity contribution in [2.24, 2.45) is 0 Å². The summed E-state index contributed by atoms with van der Waals surface area (Å²) in [4.78, 5) is 18.1. The van der Waals surface area contributed by atoms with Gasteiger partial charge in [0.25, 0.3) is 5.91 Å². The fraction of sp³-hybridized carbons (Fsp3) is 0.424. The fourth-order valence-electron chi connectivity index (χ4n) is 7.23. The first-order valence-corrected chi connectivity index (χ1v) is 15.1. The van der Waals surface area contributed by atoms with Gasteiger partial charge in [0.2, 0.25) is 0 Å². The molecule has 6 rings (SSSR count). The van der Waals surface area contributed by atoms with Crippen molar-refractivity contribution in [3.8, 4) is 0 Å². The van der Waals surface area contributed by atoms with E-state index >= 15 is 0 Å². The molecule has 0 bridgehead atoms. The Hall–Kier alpha value is -2.53. The zero-order valence-electron chi connectivity index (χ0n) is 22.5. The Bertz CT molecular complexity index is 1320. The molecule has 6 heteroatoms. The largest absolute Gasteiger partial charge is 0.384 e. The summed E-state index contributed by atoms with van der Waals surface area (Å²) in [5.41, 5.74) is 4.95. The summed E-state index contributed by atoms with van der Waals surface area (Å²) in [6.45, 7) is 5.92. The summed E-state index contributed by atoms with van der Waals surface area (Å²) < 4.78 is 0. The Balaban J connectivity index is 1.14. The van der Waals surface area contributed by atoms with Gasteiger partial charge in [-0.1, -0.05) is 65.7 Å². The molecule has 3 aromatic carbocycles. The Kier molecular flexibility index (Phi) is 7.63.